The van der Waals surface area contributed by atoms with Gasteiger partial charge in [0.25, 0.3) is 0 Å². The van der Waals surface area contributed by atoms with E-state index in [1.165, 1.54) is 0 Å². The number of rotatable bonds is 3. The third-order valence-corrected chi connectivity index (χ3v) is 1.75. The molecule has 0 heterocycles. The van der Waals surface area contributed by atoms with Crippen LogP contribution < -0.4 is 4.74 Å². The summed E-state index contributed by atoms with van der Waals surface area (Å²) < 4.78 is 17.7. The second kappa shape index (κ2) is 4.51. The molecule has 1 nitrogen and oxygen atoms in total. The standard InChI is InChI=1S/C11H11FO/c1-3-10(12)8-9-4-6-11(13-2)7-5-9/h1,4-7,10H,8H2,2H3/t10-/m1/s1. The van der Waals surface area contributed by atoms with Gasteiger partial charge in [-0.25, -0.2) is 4.39 Å². The van der Waals surface area contributed by atoms with Gasteiger partial charge in [0, 0.05) is 6.42 Å². The number of benzene rings is 1. The van der Waals surface area contributed by atoms with Crippen LogP contribution in [0.15, 0.2) is 24.3 Å². The van der Waals surface area contributed by atoms with Crippen LogP contribution in [0.5, 0.6) is 5.75 Å². The molecule has 0 amide bonds. The van der Waals surface area contributed by atoms with Gasteiger partial charge >= 0.3 is 0 Å². The fourth-order valence-electron chi connectivity index (χ4n) is 1.03. The molecule has 0 aliphatic rings. The topological polar surface area (TPSA) is 9.23 Å². The van der Waals surface area contributed by atoms with E-state index in [0.29, 0.717) is 0 Å². The molecule has 1 rings (SSSR count). The normalized spacial score (nSPS) is 11.8. The molecule has 68 valence electrons. The highest BCUT2D eigenvalue weighted by atomic mass is 19.1. The Bertz CT molecular complexity index is 297. The highest BCUT2D eigenvalue weighted by Crippen LogP contribution is 2.13. The molecule has 0 aliphatic heterocycles. The number of methoxy groups -OCH3 is 1. The van der Waals surface area contributed by atoms with Gasteiger partial charge in [-0.15, -0.1) is 6.42 Å². The fourth-order valence-corrected chi connectivity index (χ4v) is 1.03. The molecule has 1 atom stereocenters. The van der Waals surface area contributed by atoms with Crippen molar-refractivity contribution in [2.45, 2.75) is 12.6 Å². The number of halogens is 1. The Morgan fingerprint density at radius 1 is 1.46 bits per heavy atom. The Kier molecular flexibility index (Phi) is 3.33. The molecule has 0 unspecified atom stereocenters. The maximum atomic E-state index is 12.7. The van der Waals surface area contributed by atoms with Crippen LogP contribution in [0.25, 0.3) is 0 Å². The van der Waals surface area contributed by atoms with Gasteiger partial charge in [0.1, 0.15) is 5.75 Å². The molecule has 0 saturated heterocycles. The molecule has 2 heteroatoms. The Morgan fingerprint density at radius 2 is 2.08 bits per heavy atom. The van der Waals surface area contributed by atoms with Crippen molar-refractivity contribution in [1.82, 2.24) is 0 Å². The van der Waals surface area contributed by atoms with Crippen molar-refractivity contribution in [2.24, 2.45) is 0 Å². The zero-order chi connectivity index (χ0) is 9.68. The number of hydrogen-bond acceptors (Lipinski definition) is 1. The first kappa shape index (κ1) is 9.60. The van der Waals surface area contributed by atoms with Crippen molar-refractivity contribution in [3.8, 4) is 18.1 Å². The van der Waals surface area contributed by atoms with Crippen molar-refractivity contribution in [3.05, 3.63) is 29.8 Å². The average molecular weight is 178 g/mol. The van der Waals surface area contributed by atoms with E-state index in [9.17, 15) is 4.39 Å². The summed E-state index contributed by atoms with van der Waals surface area (Å²) in [6.07, 6.45) is 3.99. The lowest BCUT2D eigenvalue weighted by molar-refractivity contribution is 0.408. The first-order chi connectivity index (χ1) is 6.26. The number of ether oxygens (including phenoxy) is 1. The second-order valence-corrected chi connectivity index (χ2v) is 2.69. The predicted molar refractivity (Wildman–Crippen MR) is 50.4 cm³/mol. The van der Waals surface area contributed by atoms with E-state index >= 15 is 0 Å². The summed E-state index contributed by atoms with van der Waals surface area (Å²) in [4.78, 5) is 0. The monoisotopic (exact) mass is 178 g/mol. The summed E-state index contributed by atoms with van der Waals surface area (Å²) in [6, 6.07) is 7.20. The molecule has 0 aromatic heterocycles. The Hall–Kier alpha value is -1.49. The molecule has 0 bridgehead atoms. The van der Waals surface area contributed by atoms with Crippen LogP contribution in [0, 0.1) is 12.3 Å². The smallest absolute Gasteiger partial charge is 0.164 e. The van der Waals surface area contributed by atoms with E-state index in [1.807, 2.05) is 18.1 Å². The van der Waals surface area contributed by atoms with Gasteiger partial charge in [-0.2, -0.15) is 0 Å². The third-order valence-electron chi connectivity index (χ3n) is 1.75. The third kappa shape index (κ3) is 2.79. The summed E-state index contributed by atoms with van der Waals surface area (Å²) in [7, 11) is 1.59. The molecular weight excluding hydrogens is 167 g/mol. The zero-order valence-corrected chi connectivity index (χ0v) is 7.46. The molecule has 0 aliphatic carbocycles. The van der Waals surface area contributed by atoms with E-state index < -0.39 is 6.17 Å². The molecule has 0 saturated carbocycles. The molecule has 0 radical (unpaired) electrons. The molecule has 0 N–H and O–H groups in total. The Morgan fingerprint density at radius 3 is 2.54 bits per heavy atom. The minimum Gasteiger partial charge on any atom is -0.497 e. The van der Waals surface area contributed by atoms with Crippen molar-refractivity contribution in [1.29, 1.82) is 0 Å². The SMILES string of the molecule is C#C[C@@H](F)Cc1ccc(OC)cc1. The van der Waals surface area contributed by atoms with Gasteiger partial charge in [-0.05, 0) is 17.7 Å². The maximum absolute atomic E-state index is 12.7. The van der Waals surface area contributed by atoms with Crippen molar-refractivity contribution in [3.63, 3.8) is 0 Å². The first-order valence-corrected chi connectivity index (χ1v) is 3.99. The minimum atomic E-state index is -1.20. The van der Waals surface area contributed by atoms with Crippen LogP contribution in [0.4, 0.5) is 4.39 Å². The van der Waals surface area contributed by atoms with Gasteiger partial charge in [-0.3, -0.25) is 0 Å². The van der Waals surface area contributed by atoms with E-state index in [2.05, 4.69) is 0 Å². The number of alkyl halides is 1. The van der Waals surface area contributed by atoms with Gasteiger partial charge in [0.05, 0.1) is 7.11 Å². The van der Waals surface area contributed by atoms with Gasteiger partial charge < -0.3 is 4.74 Å². The second-order valence-electron chi connectivity index (χ2n) is 2.69. The number of hydrogen-bond donors (Lipinski definition) is 0. The lowest BCUT2D eigenvalue weighted by atomic mass is 10.1. The number of terminal acetylenes is 1. The Labute approximate surface area is 77.5 Å². The van der Waals surface area contributed by atoms with Crippen molar-refractivity contribution in [2.75, 3.05) is 7.11 Å². The van der Waals surface area contributed by atoms with Crippen LogP contribution in [-0.4, -0.2) is 13.3 Å². The van der Waals surface area contributed by atoms with Crippen LogP contribution >= 0.6 is 0 Å². The summed E-state index contributed by atoms with van der Waals surface area (Å²) in [5.74, 6) is 2.81. The lowest BCUT2D eigenvalue weighted by Gasteiger charge is -2.03. The zero-order valence-electron chi connectivity index (χ0n) is 7.46. The summed E-state index contributed by atoms with van der Waals surface area (Å²) >= 11 is 0. The van der Waals surface area contributed by atoms with E-state index in [0.717, 1.165) is 11.3 Å². The molecule has 0 fully saturated rings. The highest BCUT2D eigenvalue weighted by Gasteiger charge is 2.02. The predicted octanol–water partition coefficient (Wildman–Crippen LogP) is 2.21. The molecule has 0 spiro atoms. The summed E-state index contributed by atoms with van der Waals surface area (Å²) in [5.41, 5.74) is 0.881. The quantitative estimate of drug-likeness (QED) is 0.645. The van der Waals surface area contributed by atoms with Crippen LogP contribution in [0.2, 0.25) is 0 Å². The fraction of sp³-hybridized carbons (Fsp3) is 0.273. The van der Waals surface area contributed by atoms with Crippen molar-refractivity contribution < 1.29 is 9.13 Å². The highest BCUT2D eigenvalue weighted by molar-refractivity contribution is 5.28. The van der Waals surface area contributed by atoms with Gasteiger partial charge in [0.2, 0.25) is 0 Å². The molecule has 1 aromatic rings. The average Bonchev–Trinajstić information content (AvgIpc) is 2.19. The van der Waals surface area contributed by atoms with Gasteiger partial charge in [0.15, 0.2) is 6.17 Å². The molecule has 1 aromatic carbocycles. The van der Waals surface area contributed by atoms with Gasteiger partial charge in [-0.1, -0.05) is 18.1 Å². The van der Waals surface area contributed by atoms with Crippen LogP contribution in [0.1, 0.15) is 5.56 Å². The largest absolute Gasteiger partial charge is 0.497 e. The van der Waals surface area contributed by atoms with Crippen molar-refractivity contribution >= 4 is 0 Å². The van der Waals surface area contributed by atoms with E-state index in [1.54, 1.807) is 19.2 Å². The minimum absolute atomic E-state index is 0.264. The molecule has 13 heavy (non-hydrogen) atoms. The van der Waals surface area contributed by atoms with E-state index in [4.69, 9.17) is 11.2 Å². The Balaban J connectivity index is 2.65. The van der Waals surface area contributed by atoms with Crippen LogP contribution in [-0.2, 0) is 6.42 Å². The summed E-state index contributed by atoms with van der Waals surface area (Å²) in [5, 5.41) is 0. The maximum Gasteiger partial charge on any atom is 0.164 e. The summed E-state index contributed by atoms with van der Waals surface area (Å²) in [6.45, 7) is 0. The van der Waals surface area contributed by atoms with Crippen LogP contribution in [0.3, 0.4) is 0 Å². The molecular formula is C11H11FO. The first-order valence-electron chi connectivity index (χ1n) is 3.99. The lowest BCUT2D eigenvalue weighted by Crippen LogP contribution is -2.00. The van der Waals surface area contributed by atoms with E-state index in [-0.39, 0.29) is 6.42 Å².